The highest BCUT2D eigenvalue weighted by Crippen LogP contribution is 2.41. The Kier molecular flexibility index (Phi) is 8.31. The summed E-state index contributed by atoms with van der Waals surface area (Å²) < 4.78 is 5.66. The van der Waals surface area contributed by atoms with Crippen LogP contribution in [0.5, 0.6) is 0 Å². The Hall–Kier alpha value is -3.03. The molecule has 0 amide bonds. The number of rotatable bonds is 10. The van der Waals surface area contributed by atoms with Gasteiger partial charge in [-0.15, -0.1) is 34.0 Å². The van der Waals surface area contributed by atoms with Crippen LogP contribution in [0.2, 0.25) is 0 Å². The van der Waals surface area contributed by atoms with Gasteiger partial charge < -0.3 is 10.1 Å². The lowest BCUT2D eigenvalue weighted by molar-refractivity contribution is 0.0509. The highest BCUT2D eigenvalue weighted by Gasteiger charge is 2.15. The second-order valence-electron chi connectivity index (χ2n) is 9.10. The maximum Gasteiger partial charge on any atom is 0.338 e. The first-order chi connectivity index (χ1) is 18.0. The summed E-state index contributed by atoms with van der Waals surface area (Å²) in [5.41, 5.74) is 6.80. The first-order valence-electron chi connectivity index (χ1n) is 12.3. The topological polar surface area (TPSA) is 38.3 Å². The molecule has 1 N–H and O–H groups in total. The molecule has 6 heteroatoms. The summed E-state index contributed by atoms with van der Waals surface area (Å²) in [7, 11) is 0. The zero-order chi connectivity index (χ0) is 25.6. The number of carbonyl (C=O) groups is 1. The number of aryl methyl sites for hydroxylation is 2. The third-order valence-corrected chi connectivity index (χ3v) is 9.34. The van der Waals surface area contributed by atoms with E-state index in [4.69, 9.17) is 4.74 Å². The zero-order valence-corrected chi connectivity index (χ0v) is 23.4. The first-order valence-corrected chi connectivity index (χ1v) is 14.9. The highest BCUT2D eigenvalue weighted by atomic mass is 32.1. The van der Waals surface area contributed by atoms with Crippen molar-refractivity contribution in [1.29, 1.82) is 0 Å². The number of thiophene rings is 3. The third kappa shape index (κ3) is 6.65. The molecule has 3 nitrogen and oxygen atoms in total. The molecule has 0 saturated heterocycles. The van der Waals surface area contributed by atoms with Gasteiger partial charge in [-0.2, -0.15) is 0 Å². The van der Waals surface area contributed by atoms with Crippen molar-refractivity contribution in [3.05, 3.63) is 117 Å². The van der Waals surface area contributed by atoms with E-state index < -0.39 is 0 Å². The quantitative estimate of drug-likeness (QED) is 0.179. The van der Waals surface area contributed by atoms with Crippen molar-refractivity contribution in [1.82, 2.24) is 5.32 Å². The van der Waals surface area contributed by atoms with E-state index in [2.05, 4.69) is 78.5 Å². The smallest absolute Gasteiger partial charge is 0.338 e. The molecule has 3 aromatic heterocycles. The Morgan fingerprint density at radius 2 is 1.46 bits per heavy atom. The monoisotopic (exact) mass is 543 g/mol. The molecule has 0 aliphatic carbocycles. The summed E-state index contributed by atoms with van der Waals surface area (Å²) in [6, 6.07) is 25.0. The van der Waals surface area contributed by atoms with Crippen LogP contribution < -0.4 is 5.32 Å². The average molecular weight is 544 g/mol. The largest absolute Gasteiger partial charge is 0.462 e. The number of carbonyl (C=O) groups excluding carboxylic acids is 1. The van der Waals surface area contributed by atoms with Gasteiger partial charge in [0.15, 0.2) is 0 Å². The van der Waals surface area contributed by atoms with E-state index >= 15 is 0 Å². The summed E-state index contributed by atoms with van der Waals surface area (Å²) in [6.07, 6.45) is 0.696. The van der Waals surface area contributed by atoms with Crippen LogP contribution in [0.15, 0.2) is 83.6 Å². The van der Waals surface area contributed by atoms with Gasteiger partial charge in [0.2, 0.25) is 0 Å². The van der Waals surface area contributed by atoms with Crippen LogP contribution >= 0.6 is 34.0 Å². The summed E-state index contributed by atoms with van der Waals surface area (Å²) in [5.74, 6) is -0.277. The van der Waals surface area contributed by atoms with E-state index in [1.807, 2.05) is 35.6 Å². The minimum absolute atomic E-state index is 0.277. The zero-order valence-electron chi connectivity index (χ0n) is 21.0. The van der Waals surface area contributed by atoms with Gasteiger partial charge in [0.05, 0.1) is 12.2 Å². The molecule has 188 valence electrons. The second kappa shape index (κ2) is 12.0. The molecule has 0 unspecified atom stereocenters. The average Bonchev–Trinajstić information content (AvgIpc) is 3.65. The van der Waals surface area contributed by atoms with Gasteiger partial charge in [0, 0.05) is 39.0 Å². The molecule has 0 spiro atoms. The van der Waals surface area contributed by atoms with Gasteiger partial charge in [-0.1, -0.05) is 53.6 Å². The number of hydrogen-bond acceptors (Lipinski definition) is 6. The molecule has 0 saturated carbocycles. The predicted octanol–water partition coefficient (Wildman–Crippen LogP) is 8.51. The van der Waals surface area contributed by atoms with E-state index in [1.165, 1.54) is 41.8 Å². The minimum Gasteiger partial charge on any atom is -0.462 e. The summed E-state index contributed by atoms with van der Waals surface area (Å²) in [4.78, 5) is 17.8. The van der Waals surface area contributed by atoms with Gasteiger partial charge in [-0.05, 0) is 71.6 Å². The molecule has 5 rings (SSSR count). The molecule has 0 aliphatic rings. The molecular formula is C31H29NO2S3. The molecule has 0 aliphatic heterocycles. The van der Waals surface area contributed by atoms with E-state index in [0.717, 1.165) is 18.7 Å². The maximum absolute atomic E-state index is 12.7. The van der Waals surface area contributed by atoms with Gasteiger partial charge in [-0.25, -0.2) is 4.79 Å². The Bertz CT molecular complexity index is 1430. The molecule has 3 heterocycles. The van der Waals surface area contributed by atoms with Gasteiger partial charge in [0.25, 0.3) is 0 Å². The molecule has 0 bridgehead atoms. The Morgan fingerprint density at radius 3 is 2.14 bits per heavy atom. The first kappa shape index (κ1) is 25.6. The van der Waals surface area contributed by atoms with E-state index in [-0.39, 0.29) is 5.97 Å². The fourth-order valence-electron chi connectivity index (χ4n) is 4.39. The number of benzene rings is 2. The van der Waals surface area contributed by atoms with Crippen LogP contribution in [0, 0.1) is 13.8 Å². The number of ether oxygens (including phenoxy) is 1. The Morgan fingerprint density at radius 1 is 0.784 bits per heavy atom. The molecule has 0 fully saturated rings. The molecule has 5 aromatic rings. The van der Waals surface area contributed by atoms with E-state index in [1.54, 1.807) is 22.7 Å². The van der Waals surface area contributed by atoms with Gasteiger partial charge >= 0.3 is 5.97 Å². The van der Waals surface area contributed by atoms with Crippen molar-refractivity contribution in [3.63, 3.8) is 0 Å². The SMILES string of the molecule is Cc1cc(C)cc(CNCc2ccc(C(=O)OCCc3cc(-c4cccs4)sc3-c3cccs3)cc2)c1. The second-order valence-corrected chi connectivity index (χ2v) is 12.0. The van der Waals surface area contributed by atoms with Crippen LogP contribution in [-0.4, -0.2) is 12.6 Å². The lowest BCUT2D eigenvalue weighted by atomic mass is 10.1. The molecule has 0 atom stereocenters. The number of hydrogen-bond donors (Lipinski definition) is 1. The van der Waals surface area contributed by atoms with Crippen molar-refractivity contribution in [2.24, 2.45) is 0 Å². The predicted molar refractivity (Wildman–Crippen MR) is 158 cm³/mol. The fourth-order valence-corrected chi connectivity index (χ4v) is 7.31. The maximum atomic E-state index is 12.7. The Labute approximate surface area is 230 Å². The van der Waals surface area contributed by atoms with Crippen LogP contribution in [0.3, 0.4) is 0 Å². The summed E-state index contributed by atoms with van der Waals surface area (Å²) in [5, 5.41) is 7.70. The van der Waals surface area contributed by atoms with E-state index in [9.17, 15) is 4.79 Å². The van der Waals surface area contributed by atoms with Crippen molar-refractivity contribution >= 4 is 40.0 Å². The lowest BCUT2D eigenvalue weighted by Crippen LogP contribution is -2.13. The molecular weight excluding hydrogens is 515 g/mol. The Balaban J connectivity index is 1.15. The normalized spacial score (nSPS) is 11.1. The summed E-state index contributed by atoms with van der Waals surface area (Å²) in [6.45, 7) is 6.17. The van der Waals surface area contributed by atoms with Crippen molar-refractivity contribution < 1.29 is 9.53 Å². The van der Waals surface area contributed by atoms with Crippen molar-refractivity contribution in [2.45, 2.75) is 33.4 Å². The summed E-state index contributed by atoms with van der Waals surface area (Å²) >= 11 is 5.31. The number of nitrogens with one attached hydrogen (secondary N) is 1. The lowest BCUT2D eigenvalue weighted by Gasteiger charge is -2.09. The van der Waals surface area contributed by atoms with Crippen LogP contribution in [0.4, 0.5) is 0 Å². The van der Waals surface area contributed by atoms with Gasteiger partial charge in [0.1, 0.15) is 0 Å². The standard InChI is InChI=1S/C31H29NO2S3/c1-21-15-22(2)17-24(16-21)20-32-19-23-7-9-25(10-8-23)31(33)34-12-11-26-18-29(27-5-3-13-35-27)37-30(26)28-6-4-14-36-28/h3-10,13-18,32H,11-12,19-20H2,1-2H3. The van der Waals surface area contributed by atoms with Crippen LogP contribution in [-0.2, 0) is 24.2 Å². The van der Waals surface area contributed by atoms with Crippen molar-refractivity contribution in [2.75, 3.05) is 6.61 Å². The molecule has 37 heavy (non-hydrogen) atoms. The highest BCUT2D eigenvalue weighted by molar-refractivity contribution is 7.26. The fraction of sp³-hybridized carbons (Fsp3) is 0.194. The minimum atomic E-state index is -0.277. The molecule has 0 radical (unpaired) electrons. The molecule has 2 aromatic carbocycles. The van der Waals surface area contributed by atoms with Crippen molar-refractivity contribution in [3.8, 4) is 19.5 Å². The third-order valence-electron chi connectivity index (χ3n) is 6.05. The van der Waals surface area contributed by atoms with E-state index in [0.29, 0.717) is 18.6 Å². The van der Waals surface area contributed by atoms with Crippen LogP contribution in [0.1, 0.15) is 38.2 Å². The van der Waals surface area contributed by atoms with Crippen LogP contribution in [0.25, 0.3) is 19.5 Å². The van der Waals surface area contributed by atoms with Gasteiger partial charge in [-0.3, -0.25) is 0 Å². The number of esters is 1.